The number of benzene rings is 1. The molecule has 4 nitrogen and oxygen atoms in total. The first-order chi connectivity index (χ1) is 8.90. The van der Waals surface area contributed by atoms with E-state index in [2.05, 4.69) is 10.0 Å². The molecule has 0 bridgehead atoms. The van der Waals surface area contributed by atoms with Crippen LogP contribution >= 0.6 is 12.4 Å². The van der Waals surface area contributed by atoms with Crippen molar-refractivity contribution in [3.63, 3.8) is 0 Å². The number of rotatable bonds is 3. The molecule has 2 N–H and O–H groups in total. The van der Waals surface area contributed by atoms with E-state index in [-0.39, 0.29) is 23.3 Å². The molecule has 7 heteroatoms. The normalized spacial score (nSPS) is 27.9. The van der Waals surface area contributed by atoms with E-state index in [9.17, 15) is 12.8 Å². The van der Waals surface area contributed by atoms with Crippen LogP contribution in [0, 0.1) is 31.5 Å². The van der Waals surface area contributed by atoms with Gasteiger partial charge in [0.25, 0.3) is 0 Å². The average Bonchev–Trinajstić information content (AvgIpc) is 2.71. The smallest absolute Gasteiger partial charge is 0.241 e. The Balaban J connectivity index is 0.00000147. The molecule has 1 aromatic rings. The lowest BCUT2D eigenvalue weighted by molar-refractivity contribution is 0.563. The summed E-state index contributed by atoms with van der Waals surface area (Å²) < 4.78 is 40.8. The highest BCUT2D eigenvalue weighted by Gasteiger charge is 2.54. The number of halogens is 2. The largest absolute Gasteiger partial charge is 0.316 e. The topological polar surface area (TPSA) is 58.2 Å². The molecule has 2 atom stereocenters. The highest BCUT2D eigenvalue weighted by molar-refractivity contribution is 7.89. The third-order valence-corrected chi connectivity index (χ3v) is 5.84. The van der Waals surface area contributed by atoms with Gasteiger partial charge in [0.15, 0.2) is 0 Å². The van der Waals surface area contributed by atoms with Gasteiger partial charge in [-0.15, -0.1) is 12.4 Å². The Kier molecular flexibility index (Phi) is 4.12. The third-order valence-electron chi connectivity index (χ3n) is 4.08. The molecule has 2 aliphatic rings. The lowest BCUT2D eigenvalue weighted by Crippen LogP contribution is -2.33. The van der Waals surface area contributed by atoms with Gasteiger partial charge in [-0.2, -0.15) is 0 Å². The molecular formula is C13H18ClFN2O2S. The molecule has 0 radical (unpaired) electrons. The fourth-order valence-electron chi connectivity index (χ4n) is 3.15. The van der Waals surface area contributed by atoms with Crippen LogP contribution in [0.2, 0.25) is 0 Å². The monoisotopic (exact) mass is 320 g/mol. The van der Waals surface area contributed by atoms with Crippen LogP contribution in [0.15, 0.2) is 17.0 Å². The van der Waals surface area contributed by atoms with Gasteiger partial charge in [-0.25, -0.2) is 17.5 Å². The minimum atomic E-state index is -3.56. The van der Waals surface area contributed by atoms with Crippen molar-refractivity contribution in [2.45, 2.75) is 24.8 Å². The van der Waals surface area contributed by atoms with Crippen molar-refractivity contribution >= 4 is 22.4 Å². The quantitative estimate of drug-likeness (QED) is 0.884. The summed E-state index contributed by atoms with van der Waals surface area (Å²) in [7, 11) is -3.56. The second-order valence-corrected chi connectivity index (χ2v) is 7.15. The lowest BCUT2D eigenvalue weighted by Gasteiger charge is -2.13. The Morgan fingerprint density at radius 2 is 1.70 bits per heavy atom. The number of piperidine rings is 1. The zero-order valence-corrected chi connectivity index (χ0v) is 12.9. The second kappa shape index (κ2) is 5.26. The molecule has 0 amide bonds. The molecule has 0 aromatic heterocycles. The summed E-state index contributed by atoms with van der Waals surface area (Å²) in [5.74, 6) is 0.424. The number of sulfonamides is 1. The van der Waals surface area contributed by atoms with Crippen LogP contribution < -0.4 is 10.0 Å². The molecule has 112 valence electrons. The molecule has 20 heavy (non-hydrogen) atoms. The molecule has 3 rings (SSSR count). The first-order valence-electron chi connectivity index (χ1n) is 6.40. The van der Waals surface area contributed by atoms with Crippen molar-refractivity contribution in [1.29, 1.82) is 0 Å². The van der Waals surface area contributed by atoms with Crippen LogP contribution in [0.25, 0.3) is 0 Å². The highest BCUT2D eigenvalue weighted by Crippen LogP contribution is 2.42. The average molecular weight is 321 g/mol. The molecule has 1 saturated heterocycles. The Hall–Kier alpha value is -0.690. The summed E-state index contributed by atoms with van der Waals surface area (Å²) in [5.41, 5.74) is 0.905. The number of hydrogen-bond donors (Lipinski definition) is 2. The molecule has 1 aromatic carbocycles. The summed E-state index contributed by atoms with van der Waals surface area (Å²) in [4.78, 5) is 0.215. The fourth-order valence-corrected chi connectivity index (χ4v) is 4.94. The van der Waals surface area contributed by atoms with E-state index in [1.54, 1.807) is 13.8 Å². The zero-order valence-electron chi connectivity index (χ0n) is 11.3. The summed E-state index contributed by atoms with van der Waals surface area (Å²) >= 11 is 0. The number of aryl methyl sites for hydroxylation is 2. The minimum Gasteiger partial charge on any atom is -0.316 e. The zero-order chi connectivity index (χ0) is 13.8. The number of fused-ring (bicyclic) bond motifs is 1. The fraction of sp³-hybridized carbons (Fsp3) is 0.538. The third kappa shape index (κ3) is 2.57. The predicted molar refractivity (Wildman–Crippen MR) is 77.1 cm³/mol. The van der Waals surface area contributed by atoms with Gasteiger partial charge < -0.3 is 5.32 Å². The standard InChI is InChI=1S/C13H17FN2O2S.ClH/c1-7-3-9(14)4-8(2)13(7)19(17,18)16-12-10-5-15-6-11(10)12;/h3-4,10-12,15-16H,5-6H2,1-2H3;1H. The van der Waals surface area contributed by atoms with Crippen LogP contribution in [-0.4, -0.2) is 27.5 Å². The van der Waals surface area contributed by atoms with Crippen LogP contribution in [0.1, 0.15) is 11.1 Å². The van der Waals surface area contributed by atoms with Gasteiger partial charge in [-0.05, 0) is 62.0 Å². The number of hydrogen-bond acceptors (Lipinski definition) is 3. The van der Waals surface area contributed by atoms with Gasteiger partial charge in [0.2, 0.25) is 10.0 Å². The van der Waals surface area contributed by atoms with Crippen molar-refractivity contribution in [3.8, 4) is 0 Å². The first kappa shape index (κ1) is 15.7. The first-order valence-corrected chi connectivity index (χ1v) is 7.88. The van der Waals surface area contributed by atoms with Gasteiger partial charge in [-0.3, -0.25) is 0 Å². The number of nitrogens with one attached hydrogen (secondary N) is 2. The van der Waals surface area contributed by atoms with Crippen molar-refractivity contribution in [2.75, 3.05) is 13.1 Å². The molecular weight excluding hydrogens is 303 g/mol. The van der Waals surface area contributed by atoms with Crippen LogP contribution in [0.4, 0.5) is 4.39 Å². The lowest BCUT2D eigenvalue weighted by atomic mass is 10.1. The summed E-state index contributed by atoms with van der Waals surface area (Å²) in [6.45, 7) is 5.00. The highest BCUT2D eigenvalue weighted by atomic mass is 35.5. The van der Waals surface area contributed by atoms with Crippen molar-refractivity contribution < 1.29 is 12.8 Å². The van der Waals surface area contributed by atoms with E-state index < -0.39 is 15.8 Å². The van der Waals surface area contributed by atoms with Gasteiger partial charge >= 0.3 is 0 Å². The molecule has 1 saturated carbocycles. The second-order valence-electron chi connectivity index (χ2n) is 5.50. The maximum atomic E-state index is 13.2. The Bertz CT molecular complexity index is 602. The van der Waals surface area contributed by atoms with E-state index >= 15 is 0 Å². The molecule has 0 spiro atoms. The maximum Gasteiger partial charge on any atom is 0.241 e. The maximum absolute atomic E-state index is 13.2. The molecule has 1 aliphatic carbocycles. The van der Waals surface area contributed by atoms with Crippen LogP contribution in [0.3, 0.4) is 0 Å². The summed E-state index contributed by atoms with van der Waals surface area (Å²) in [5, 5.41) is 3.22. The molecule has 1 aliphatic heterocycles. The molecule has 2 fully saturated rings. The van der Waals surface area contributed by atoms with Crippen LogP contribution in [-0.2, 0) is 10.0 Å². The Morgan fingerprint density at radius 1 is 1.20 bits per heavy atom. The van der Waals surface area contributed by atoms with Crippen LogP contribution in [0.5, 0.6) is 0 Å². The van der Waals surface area contributed by atoms with Crippen molar-refractivity contribution in [2.24, 2.45) is 11.8 Å². The van der Waals surface area contributed by atoms with Crippen molar-refractivity contribution in [1.82, 2.24) is 10.0 Å². The summed E-state index contributed by atoms with van der Waals surface area (Å²) in [6, 6.07) is 2.56. The summed E-state index contributed by atoms with van der Waals surface area (Å²) in [6.07, 6.45) is 0. The van der Waals surface area contributed by atoms with Gasteiger partial charge in [0.1, 0.15) is 5.82 Å². The van der Waals surface area contributed by atoms with Crippen molar-refractivity contribution in [3.05, 3.63) is 29.1 Å². The van der Waals surface area contributed by atoms with E-state index in [1.807, 2.05) is 0 Å². The van der Waals surface area contributed by atoms with E-state index in [4.69, 9.17) is 0 Å². The van der Waals surface area contributed by atoms with Gasteiger partial charge in [0, 0.05) is 6.04 Å². The van der Waals surface area contributed by atoms with E-state index in [0.717, 1.165) is 13.1 Å². The van der Waals surface area contributed by atoms with Gasteiger partial charge in [-0.1, -0.05) is 0 Å². The van der Waals surface area contributed by atoms with E-state index in [0.29, 0.717) is 23.0 Å². The Morgan fingerprint density at radius 3 is 2.20 bits per heavy atom. The minimum absolute atomic E-state index is 0. The molecule has 2 unspecified atom stereocenters. The van der Waals surface area contributed by atoms with E-state index in [1.165, 1.54) is 12.1 Å². The van der Waals surface area contributed by atoms with Gasteiger partial charge in [0.05, 0.1) is 4.90 Å². The predicted octanol–water partition coefficient (Wildman–Crippen LogP) is 1.36. The SMILES string of the molecule is Cc1cc(F)cc(C)c1S(=O)(=O)NC1C2CNCC21.Cl. The molecule has 1 heterocycles. The Labute approximate surface area is 124 Å².